The third-order valence-electron chi connectivity index (χ3n) is 7.85. The second-order valence-electron chi connectivity index (χ2n) is 11.6. The van der Waals surface area contributed by atoms with Crippen molar-refractivity contribution < 1.29 is 23.4 Å². The first-order valence-electron chi connectivity index (χ1n) is 13.8. The number of rotatable bonds is 7. The number of aromatic hydroxyl groups is 1. The van der Waals surface area contributed by atoms with Crippen molar-refractivity contribution in [3.05, 3.63) is 101 Å². The number of methoxy groups -OCH3 is 1. The van der Waals surface area contributed by atoms with E-state index in [0.717, 1.165) is 33.4 Å². The minimum absolute atomic E-state index is 0.0117. The number of aryl methyl sites for hydroxylation is 1. The van der Waals surface area contributed by atoms with Gasteiger partial charge in [0.05, 0.1) is 13.4 Å². The maximum atomic E-state index is 11.0. The van der Waals surface area contributed by atoms with Crippen molar-refractivity contribution in [1.82, 2.24) is 0 Å². The third-order valence-corrected chi connectivity index (χ3v) is 8.88. The number of ether oxygens (including phenoxy) is 2. The Morgan fingerprint density at radius 2 is 1.48 bits per heavy atom. The molecule has 1 unspecified atom stereocenters. The van der Waals surface area contributed by atoms with E-state index in [4.69, 9.17) is 18.3 Å². The van der Waals surface area contributed by atoms with Gasteiger partial charge in [0.15, 0.2) is 11.5 Å². The molecule has 2 heterocycles. The molecule has 0 bridgehead atoms. The molecule has 5 nitrogen and oxygen atoms in total. The van der Waals surface area contributed by atoms with Crippen molar-refractivity contribution in [3.8, 4) is 11.5 Å². The van der Waals surface area contributed by atoms with E-state index < -0.39 is 5.60 Å². The highest BCUT2D eigenvalue weighted by Crippen LogP contribution is 2.49. The average Bonchev–Trinajstić information content (AvgIpc) is 3.36. The van der Waals surface area contributed by atoms with E-state index in [-0.39, 0.29) is 26.7 Å². The minimum atomic E-state index is -0.794. The summed E-state index contributed by atoms with van der Waals surface area (Å²) in [4.78, 5) is 0. The quantitative estimate of drug-likeness (QED) is 0.233. The highest BCUT2D eigenvalue weighted by molar-refractivity contribution is 6.32. The van der Waals surface area contributed by atoms with E-state index in [0.29, 0.717) is 35.3 Å². The van der Waals surface area contributed by atoms with Crippen LogP contribution in [0.4, 0.5) is 0 Å². The zero-order valence-corrected chi connectivity index (χ0v) is 25.4. The third kappa shape index (κ3) is 4.84. The van der Waals surface area contributed by atoms with Crippen LogP contribution in [0.3, 0.4) is 0 Å². The van der Waals surface area contributed by atoms with Crippen LogP contribution in [0.2, 0.25) is 5.04 Å². The zero-order chi connectivity index (χ0) is 28.7. The van der Waals surface area contributed by atoms with Crippen LogP contribution in [-0.4, -0.2) is 28.1 Å². The summed E-state index contributed by atoms with van der Waals surface area (Å²) in [6, 6.07) is 20.8. The van der Waals surface area contributed by atoms with Gasteiger partial charge in [-0.1, -0.05) is 81.4 Å². The van der Waals surface area contributed by atoms with Crippen LogP contribution in [0, 0.1) is 20.8 Å². The second-order valence-corrected chi connectivity index (χ2v) is 13.5. The predicted octanol–water partition coefficient (Wildman–Crippen LogP) is 8.39. The molecule has 1 atom stereocenters. The van der Waals surface area contributed by atoms with E-state index in [1.165, 1.54) is 0 Å². The summed E-state index contributed by atoms with van der Waals surface area (Å²) in [5.74, 6) is 1.33. The van der Waals surface area contributed by atoms with Crippen molar-refractivity contribution in [1.29, 1.82) is 0 Å². The largest absolute Gasteiger partial charge is 0.507 e. The molecule has 1 aliphatic heterocycles. The molecule has 0 fully saturated rings. The van der Waals surface area contributed by atoms with Gasteiger partial charge < -0.3 is 23.4 Å². The molecule has 1 aromatic heterocycles. The number of allylic oxidation sites excluding steroid dienone is 1. The Morgan fingerprint density at radius 3 is 1.98 bits per heavy atom. The van der Waals surface area contributed by atoms with Crippen LogP contribution in [0.1, 0.15) is 67.2 Å². The first-order valence-corrected chi connectivity index (χ1v) is 14.7. The van der Waals surface area contributed by atoms with Crippen LogP contribution < -0.4 is 4.74 Å². The summed E-state index contributed by atoms with van der Waals surface area (Å²) in [7, 11) is 1.87. The first kappa shape index (κ1) is 28.1. The van der Waals surface area contributed by atoms with Gasteiger partial charge in [0.25, 0.3) is 0 Å². The molecule has 3 aromatic carbocycles. The Hall–Kier alpha value is -3.48. The van der Waals surface area contributed by atoms with Gasteiger partial charge in [0.1, 0.15) is 28.4 Å². The molecule has 0 spiro atoms. The SMILES string of the molecule is COc1c(C2=COC(C(O[Si]C(C)(C)C)(c3ccccc3)c3ccccc3)CC2)oc2c(C)c(C)c(C)c(O)c12. The van der Waals surface area contributed by atoms with Crippen LogP contribution in [0.5, 0.6) is 11.5 Å². The Bertz CT molecular complexity index is 1490. The lowest BCUT2D eigenvalue weighted by Gasteiger charge is -2.43. The van der Waals surface area contributed by atoms with Gasteiger partial charge in [-0.3, -0.25) is 0 Å². The predicted molar refractivity (Wildman–Crippen MR) is 161 cm³/mol. The molecule has 5 rings (SSSR count). The van der Waals surface area contributed by atoms with E-state index in [1.54, 1.807) is 13.4 Å². The number of phenols is 1. The average molecular weight is 555 g/mol. The first-order chi connectivity index (χ1) is 19.1. The maximum Gasteiger partial charge on any atom is 0.237 e. The maximum absolute atomic E-state index is 11.0. The molecule has 4 aromatic rings. The summed E-state index contributed by atoms with van der Waals surface area (Å²) in [6.45, 7) is 12.5. The summed E-state index contributed by atoms with van der Waals surface area (Å²) >= 11 is 0. The molecule has 0 saturated carbocycles. The van der Waals surface area contributed by atoms with Crippen molar-refractivity contribution in [3.63, 3.8) is 0 Å². The molecule has 6 heteroatoms. The lowest BCUT2D eigenvalue weighted by Crippen LogP contribution is -2.47. The lowest BCUT2D eigenvalue weighted by molar-refractivity contribution is -0.0459. The molecular formula is C34H38O5Si. The fourth-order valence-electron chi connectivity index (χ4n) is 5.49. The number of hydrogen-bond acceptors (Lipinski definition) is 5. The fraction of sp³-hybridized carbons (Fsp3) is 0.353. The van der Waals surface area contributed by atoms with Crippen molar-refractivity contribution in [2.24, 2.45) is 0 Å². The number of hydrogen-bond donors (Lipinski definition) is 1. The zero-order valence-electron chi connectivity index (χ0n) is 24.4. The van der Waals surface area contributed by atoms with Gasteiger partial charge in [-0.05, 0) is 66.5 Å². The molecule has 0 aliphatic carbocycles. The smallest absolute Gasteiger partial charge is 0.237 e. The molecule has 0 saturated heterocycles. The van der Waals surface area contributed by atoms with E-state index in [1.807, 2.05) is 32.9 Å². The topological polar surface area (TPSA) is 61.1 Å². The number of benzene rings is 3. The minimum Gasteiger partial charge on any atom is -0.507 e. The van der Waals surface area contributed by atoms with Gasteiger partial charge in [-0.25, -0.2) is 0 Å². The summed E-state index contributed by atoms with van der Waals surface area (Å²) < 4.78 is 25.8. The Labute approximate surface area is 239 Å². The number of furan rings is 1. The lowest BCUT2D eigenvalue weighted by atomic mass is 9.79. The van der Waals surface area contributed by atoms with Crippen molar-refractivity contribution in [2.75, 3.05) is 7.11 Å². The standard InChI is InChI=1S/C34H38O5Si/c1-21-22(2)29(35)28-30(23(21)3)38-31(32(28)36-7)24-18-19-27(37-20-24)34(39-40-33(4,5)6,25-14-10-8-11-15-25)26-16-12-9-13-17-26/h8-17,20,27,35H,18-19H2,1-7H3. The molecule has 1 N–H and O–H groups in total. The number of phenolic OH excluding ortho intramolecular Hbond substituents is 1. The summed E-state index contributed by atoms with van der Waals surface area (Å²) in [5.41, 5.74) is 5.71. The van der Waals surface area contributed by atoms with Gasteiger partial charge in [0, 0.05) is 5.57 Å². The Balaban J connectivity index is 1.61. The number of fused-ring (bicyclic) bond motifs is 1. The molecule has 208 valence electrons. The Kier molecular flexibility index (Phi) is 7.60. The molecule has 1 aliphatic rings. The summed E-state index contributed by atoms with van der Waals surface area (Å²) in [5, 5.41) is 11.6. The molecular weight excluding hydrogens is 516 g/mol. The summed E-state index contributed by atoms with van der Waals surface area (Å²) in [6.07, 6.45) is 2.92. The molecule has 40 heavy (non-hydrogen) atoms. The van der Waals surface area contributed by atoms with Crippen molar-refractivity contribution in [2.45, 2.75) is 71.1 Å². The van der Waals surface area contributed by atoms with Gasteiger partial charge in [-0.2, -0.15) is 0 Å². The normalized spacial score (nSPS) is 16.1. The van der Waals surface area contributed by atoms with Gasteiger partial charge in [0.2, 0.25) is 9.76 Å². The highest BCUT2D eigenvalue weighted by atomic mass is 28.2. The van der Waals surface area contributed by atoms with Crippen molar-refractivity contribution >= 4 is 26.3 Å². The van der Waals surface area contributed by atoms with Gasteiger partial charge >= 0.3 is 0 Å². The highest BCUT2D eigenvalue weighted by Gasteiger charge is 2.46. The van der Waals surface area contributed by atoms with Crippen LogP contribution in [0.15, 0.2) is 71.3 Å². The monoisotopic (exact) mass is 554 g/mol. The Morgan fingerprint density at radius 1 is 0.875 bits per heavy atom. The second kappa shape index (κ2) is 10.8. The van der Waals surface area contributed by atoms with E-state index >= 15 is 0 Å². The van der Waals surface area contributed by atoms with Crippen LogP contribution in [0.25, 0.3) is 16.5 Å². The fourth-order valence-corrected chi connectivity index (χ4v) is 6.32. The van der Waals surface area contributed by atoms with E-state index in [2.05, 4.69) is 69.3 Å². The van der Waals surface area contributed by atoms with Crippen LogP contribution >= 0.6 is 0 Å². The van der Waals surface area contributed by atoms with Crippen LogP contribution in [-0.2, 0) is 14.8 Å². The van der Waals surface area contributed by atoms with Gasteiger partial charge in [-0.15, -0.1) is 0 Å². The molecule has 2 radical (unpaired) electrons. The molecule has 0 amide bonds. The van der Waals surface area contributed by atoms with E-state index in [9.17, 15) is 5.11 Å².